The molecule has 138 valence electrons. The van der Waals surface area contributed by atoms with Crippen LogP contribution >= 0.6 is 0 Å². The molecule has 0 bridgehead atoms. The van der Waals surface area contributed by atoms with Crippen LogP contribution in [-0.2, 0) is 0 Å². The van der Waals surface area contributed by atoms with Gasteiger partial charge in [-0.3, -0.25) is 4.79 Å². The Bertz CT molecular complexity index is 997. The Labute approximate surface area is 155 Å². The lowest BCUT2D eigenvalue weighted by molar-refractivity contribution is 0.0996. The van der Waals surface area contributed by atoms with Crippen molar-refractivity contribution in [2.45, 2.75) is 6.92 Å². The second kappa shape index (κ2) is 7.61. The third kappa shape index (κ3) is 4.06. The van der Waals surface area contributed by atoms with Crippen LogP contribution in [0.15, 0.2) is 54.7 Å². The minimum absolute atomic E-state index is 0.0717. The van der Waals surface area contributed by atoms with Gasteiger partial charge in [-0.2, -0.15) is 5.10 Å². The SMILES string of the molecule is CCOc1cccc(-c2cccc(-n3cc(NC(N)=O)c(C(N)=O)n3)c2)c1. The Morgan fingerprint density at radius 2 is 1.81 bits per heavy atom. The molecule has 0 unspecified atom stereocenters. The predicted octanol–water partition coefficient (Wildman–Crippen LogP) is 2.53. The molecule has 3 amide bonds. The van der Waals surface area contributed by atoms with Crippen LogP contribution in [0.5, 0.6) is 5.75 Å². The Morgan fingerprint density at radius 3 is 2.48 bits per heavy atom. The minimum atomic E-state index is -0.807. The summed E-state index contributed by atoms with van der Waals surface area (Å²) in [6.07, 6.45) is 1.49. The van der Waals surface area contributed by atoms with Crippen molar-refractivity contribution in [3.05, 3.63) is 60.4 Å². The molecule has 3 rings (SSSR count). The first-order valence-electron chi connectivity index (χ1n) is 8.27. The summed E-state index contributed by atoms with van der Waals surface area (Å²) < 4.78 is 7.00. The molecule has 0 spiro atoms. The van der Waals surface area contributed by atoms with E-state index in [2.05, 4.69) is 10.4 Å². The lowest BCUT2D eigenvalue weighted by Gasteiger charge is -2.08. The van der Waals surface area contributed by atoms with E-state index in [0.29, 0.717) is 12.3 Å². The van der Waals surface area contributed by atoms with E-state index in [9.17, 15) is 9.59 Å². The van der Waals surface area contributed by atoms with Crippen molar-refractivity contribution in [3.63, 3.8) is 0 Å². The van der Waals surface area contributed by atoms with Crippen LogP contribution in [0.4, 0.5) is 10.5 Å². The fourth-order valence-electron chi connectivity index (χ4n) is 2.67. The average Bonchev–Trinajstić information content (AvgIpc) is 3.06. The molecule has 8 nitrogen and oxygen atoms in total. The van der Waals surface area contributed by atoms with Crippen LogP contribution in [0.25, 0.3) is 16.8 Å². The summed E-state index contributed by atoms with van der Waals surface area (Å²) in [4.78, 5) is 22.7. The van der Waals surface area contributed by atoms with E-state index in [4.69, 9.17) is 16.2 Å². The summed E-state index contributed by atoms with van der Waals surface area (Å²) in [7, 11) is 0. The first kappa shape index (κ1) is 18.0. The van der Waals surface area contributed by atoms with Gasteiger partial charge in [-0.05, 0) is 42.3 Å². The van der Waals surface area contributed by atoms with Crippen LogP contribution in [0.3, 0.4) is 0 Å². The van der Waals surface area contributed by atoms with Gasteiger partial charge in [-0.1, -0.05) is 24.3 Å². The summed E-state index contributed by atoms with van der Waals surface area (Å²) >= 11 is 0. The number of hydrogen-bond donors (Lipinski definition) is 3. The molecule has 1 aromatic heterocycles. The van der Waals surface area contributed by atoms with Crippen LogP contribution in [-0.4, -0.2) is 28.3 Å². The highest BCUT2D eigenvalue weighted by Gasteiger charge is 2.16. The zero-order chi connectivity index (χ0) is 19.4. The molecule has 0 aliphatic carbocycles. The molecule has 8 heteroatoms. The van der Waals surface area contributed by atoms with E-state index in [0.717, 1.165) is 16.9 Å². The van der Waals surface area contributed by atoms with Gasteiger partial charge in [0.25, 0.3) is 5.91 Å². The number of hydrogen-bond acceptors (Lipinski definition) is 4. The molecule has 3 aromatic rings. The first-order valence-corrected chi connectivity index (χ1v) is 8.27. The number of amides is 3. The molecular weight excluding hydrogens is 346 g/mol. The van der Waals surface area contributed by atoms with Gasteiger partial charge >= 0.3 is 6.03 Å². The zero-order valence-electron chi connectivity index (χ0n) is 14.7. The van der Waals surface area contributed by atoms with E-state index in [1.54, 1.807) is 0 Å². The summed E-state index contributed by atoms with van der Waals surface area (Å²) in [6, 6.07) is 14.5. The standard InChI is InChI=1S/C19H19N5O3/c1-2-27-15-8-4-6-13(10-15)12-5-3-7-14(9-12)24-11-16(22-19(21)26)17(23-24)18(20)25/h3-11H,2H2,1H3,(H2,20,25)(H3,21,22,26). The molecular formula is C19H19N5O3. The highest BCUT2D eigenvalue weighted by Crippen LogP contribution is 2.26. The molecule has 27 heavy (non-hydrogen) atoms. The number of nitrogens with one attached hydrogen (secondary N) is 1. The van der Waals surface area contributed by atoms with Gasteiger partial charge in [-0.25, -0.2) is 9.48 Å². The highest BCUT2D eigenvalue weighted by atomic mass is 16.5. The predicted molar refractivity (Wildman–Crippen MR) is 102 cm³/mol. The van der Waals surface area contributed by atoms with E-state index in [1.807, 2.05) is 55.5 Å². The van der Waals surface area contributed by atoms with E-state index < -0.39 is 11.9 Å². The van der Waals surface area contributed by atoms with Crippen molar-refractivity contribution in [3.8, 4) is 22.6 Å². The topological polar surface area (TPSA) is 125 Å². The second-order valence-electron chi connectivity index (χ2n) is 5.70. The maximum Gasteiger partial charge on any atom is 0.316 e. The number of nitrogens with zero attached hydrogens (tertiary/aromatic N) is 2. The van der Waals surface area contributed by atoms with Crippen molar-refractivity contribution < 1.29 is 14.3 Å². The summed E-state index contributed by atoms with van der Waals surface area (Å²) in [5, 5.41) is 6.51. The van der Waals surface area contributed by atoms with Crippen molar-refractivity contribution >= 4 is 17.6 Å². The van der Waals surface area contributed by atoms with Crippen molar-refractivity contribution in [2.24, 2.45) is 11.5 Å². The number of anilines is 1. The Kier molecular flexibility index (Phi) is 5.07. The maximum absolute atomic E-state index is 11.6. The van der Waals surface area contributed by atoms with Crippen LogP contribution in [0, 0.1) is 0 Å². The average molecular weight is 365 g/mol. The highest BCUT2D eigenvalue weighted by molar-refractivity contribution is 6.00. The Balaban J connectivity index is 2.00. The zero-order valence-corrected chi connectivity index (χ0v) is 14.7. The van der Waals surface area contributed by atoms with Crippen LogP contribution in [0.2, 0.25) is 0 Å². The number of aromatic nitrogens is 2. The number of carbonyl (C=O) groups is 2. The lowest BCUT2D eigenvalue weighted by atomic mass is 10.0. The molecule has 0 atom stereocenters. The molecule has 0 aliphatic rings. The van der Waals surface area contributed by atoms with Gasteiger partial charge in [0.1, 0.15) is 5.75 Å². The maximum atomic E-state index is 11.6. The Hall–Kier alpha value is -3.81. The fourth-order valence-corrected chi connectivity index (χ4v) is 2.67. The quantitative estimate of drug-likeness (QED) is 0.620. The van der Waals surface area contributed by atoms with Gasteiger partial charge < -0.3 is 21.5 Å². The first-order chi connectivity index (χ1) is 13.0. The Morgan fingerprint density at radius 1 is 1.11 bits per heavy atom. The number of urea groups is 1. The van der Waals surface area contributed by atoms with Crippen LogP contribution < -0.4 is 21.5 Å². The number of carbonyl (C=O) groups excluding carboxylic acids is 2. The molecule has 5 N–H and O–H groups in total. The smallest absolute Gasteiger partial charge is 0.316 e. The second-order valence-corrected chi connectivity index (χ2v) is 5.70. The van der Waals surface area contributed by atoms with Gasteiger partial charge in [0.15, 0.2) is 5.69 Å². The van der Waals surface area contributed by atoms with E-state index >= 15 is 0 Å². The number of rotatable bonds is 6. The van der Waals surface area contributed by atoms with E-state index in [1.165, 1.54) is 10.9 Å². The summed E-state index contributed by atoms with van der Waals surface area (Å²) in [5.74, 6) is 0.0153. The van der Waals surface area contributed by atoms with Gasteiger partial charge in [0.05, 0.1) is 24.2 Å². The normalized spacial score (nSPS) is 10.4. The molecule has 0 radical (unpaired) electrons. The molecule has 0 saturated heterocycles. The van der Waals surface area contributed by atoms with Crippen LogP contribution in [0.1, 0.15) is 17.4 Å². The largest absolute Gasteiger partial charge is 0.494 e. The minimum Gasteiger partial charge on any atom is -0.494 e. The summed E-state index contributed by atoms with van der Waals surface area (Å²) in [5.41, 5.74) is 13.1. The number of primary amides is 2. The van der Waals surface area contributed by atoms with Crippen molar-refractivity contribution in [1.29, 1.82) is 0 Å². The summed E-state index contributed by atoms with van der Waals surface area (Å²) in [6.45, 7) is 2.52. The van der Waals surface area contributed by atoms with E-state index in [-0.39, 0.29) is 11.4 Å². The molecule has 2 aromatic carbocycles. The van der Waals surface area contributed by atoms with Crippen molar-refractivity contribution in [2.75, 3.05) is 11.9 Å². The number of ether oxygens (including phenoxy) is 1. The monoisotopic (exact) mass is 365 g/mol. The fraction of sp³-hybridized carbons (Fsp3) is 0.105. The van der Waals surface area contributed by atoms with Crippen molar-refractivity contribution in [1.82, 2.24) is 9.78 Å². The third-order valence-electron chi connectivity index (χ3n) is 3.79. The number of benzene rings is 2. The lowest BCUT2D eigenvalue weighted by Crippen LogP contribution is -2.22. The molecule has 0 aliphatic heterocycles. The van der Waals surface area contributed by atoms with Gasteiger partial charge in [-0.15, -0.1) is 0 Å². The third-order valence-corrected chi connectivity index (χ3v) is 3.79. The van der Waals surface area contributed by atoms with Gasteiger partial charge in [0, 0.05) is 0 Å². The number of nitrogens with two attached hydrogens (primary N) is 2. The molecule has 1 heterocycles. The van der Waals surface area contributed by atoms with Gasteiger partial charge in [0.2, 0.25) is 0 Å². The molecule has 0 saturated carbocycles. The molecule has 0 fully saturated rings.